The summed E-state index contributed by atoms with van der Waals surface area (Å²) in [5.41, 5.74) is 1.00. The molecule has 0 atom stereocenters. The molecule has 78 valence electrons. The van der Waals surface area contributed by atoms with Crippen LogP contribution in [0.15, 0.2) is 23.0 Å². The maximum Gasteiger partial charge on any atom is 0.151 e. The zero-order valence-electron chi connectivity index (χ0n) is 8.14. The van der Waals surface area contributed by atoms with E-state index in [1.807, 2.05) is 6.07 Å². The van der Waals surface area contributed by atoms with Crippen molar-refractivity contribution in [2.24, 2.45) is 0 Å². The normalized spacial score (nSPS) is 15.7. The minimum atomic E-state index is 0.714. The molecule has 1 fully saturated rings. The van der Waals surface area contributed by atoms with Gasteiger partial charge in [-0.3, -0.25) is 0 Å². The Morgan fingerprint density at radius 1 is 1.47 bits per heavy atom. The van der Waals surface area contributed by atoms with Crippen LogP contribution in [-0.4, -0.2) is 16.2 Å². The Kier molecular flexibility index (Phi) is 2.26. The molecule has 0 amide bonds. The van der Waals surface area contributed by atoms with Crippen LogP contribution in [0, 0.1) is 0 Å². The lowest BCUT2D eigenvalue weighted by Crippen LogP contribution is -2.14. The van der Waals surface area contributed by atoms with Gasteiger partial charge in [0, 0.05) is 12.6 Å². The number of furan rings is 1. The molecule has 0 aliphatic heterocycles. The number of nitrogens with one attached hydrogen (secondary N) is 1. The highest BCUT2D eigenvalue weighted by Gasteiger charge is 2.20. The third kappa shape index (κ3) is 2.08. The zero-order valence-corrected chi connectivity index (χ0v) is 8.96. The van der Waals surface area contributed by atoms with Crippen molar-refractivity contribution in [1.82, 2.24) is 15.5 Å². The van der Waals surface area contributed by atoms with Crippen molar-refractivity contribution in [3.8, 4) is 10.6 Å². The molecule has 0 saturated heterocycles. The molecule has 0 aromatic carbocycles. The predicted octanol–water partition coefficient (Wildman–Crippen LogP) is 2.05. The van der Waals surface area contributed by atoms with Crippen LogP contribution in [-0.2, 0) is 6.54 Å². The Morgan fingerprint density at radius 2 is 2.40 bits per heavy atom. The molecule has 3 rings (SSSR count). The van der Waals surface area contributed by atoms with Crippen molar-refractivity contribution in [2.45, 2.75) is 25.4 Å². The van der Waals surface area contributed by atoms with Crippen LogP contribution in [0.2, 0.25) is 0 Å². The van der Waals surface area contributed by atoms with E-state index in [9.17, 15) is 0 Å². The molecule has 1 aliphatic carbocycles. The number of hydrogen-bond acceptors (Lipinski definition) is 5. The fraction of sp³-hybridized carbons (Fsp3) is 0.400. The summed E-state index contributed by atoms with van der Waals surface area (Å²) in [6, 6.07) is 2.62. The molecule has 2 aromatic rings. The molecule has 1 aliphatic rings. The minimum absolute atomic E-state index is 0.714. The Hall–Kier alpha value is -1.20. The molecule has 0 radical (unpaired) electrons. The van der Waals surface area contributed by atoms with E-state index in [0.29, 0.717) is 6.04 Å². The molecule has 5 heteroatoms. The lowest BCUT2D eigenvalue weighted by molar-refractivity contribution is 0.568. The number of rotatable bonds is 4. The number of nitrogens with zero attached hydrogens (tertiary/aromatic N) is 2. The first-order valence-corrected chi connectivity index (χ1v) is 5.82. The van der Waals surface area contributed by atoms with Gasteiger partial charge < -0.3 is 9.73 Å². The fourth-order valence-corrected chi connectivity index (χ4v) is 2.12. The SMILES string of the molecule is c1cc(-c2nnc(CNC3CC3)s2)co1. The van der Waals surface area contributed by atoms with E-state index < -0.39 is 0 Å². The highest BCUT2D eigenvalue weighted by molar-refractivity contribution is 7.14. The van der Waals surface area contributed by atoms with E-state index in [1.54, 1.807) is 23.9 Å². The summed E-state index contributed by atoms with van der Waals surface area (Å²) in [5.74, 6) is 0. The predicted molar refractivity (Wildman–Crippen MR) is 57.5 cm³/mol. The molecule has 0 unspecified atom stereocenters. The van der Waals surface area contributed by atoms with Gasteiger partial charge in [0.05, 0.1) is 11.8 Å². The van der Waals surface area contributed by atoms with Gasteiger partial charge in [-0.05, 0) is 18.9 Å². The van der Waals surface area contributed by atoms with Crippen LogP contribution in [0.5, 0.6) is 0 Å². The van der Waals surface area contributed by atoms with Crippen LogP contribution in [0.25, 0.3) is 10.6 Å². The van der Waals surface area contributed by atoms with E-state index in [-0.39, 0.29) is 0 Å². The first-order chi connectivity index (χ1) is 7.42. The third-order valence-corrected chi connectivity index (χ3v) is 3.33. The molecule has 2 aromatic heterocycles. The van der Waals surface area contributed by atoms with Crippen molar-refractivity contribution in [3.63, 3.8) is 0 Å². The average Bonchev–Trinajstić information content (AvgIpc) is 2.78. The van der Waals surface area contributed by atoms with Crippen molar-refractivity contribution in [1.29, 1.82) is 0 Å². The third-order valence-electron chi connectivity index (χ3n) is 2.35. The summed E-state index contributed by atoms with van der Waals surface area (Å²) in [6.45, 7) is 0.834. The Morgan fingerprint density at radius 3 is 3.13 bits per heavy atom. The quantitative estimate of drug-likeness (QED) is 0.858. The van der Waals surface area contributed by atoms with Gasteiger partial charge in [-0.25, -0.2) is 0 Å². The smallest absolute Gasteiger partial charge is 0.151 e. The fourth-order valence-electron chi connectivity index (χ4n) is 1.35. The summed E-state index contributed by atoms with van der Waals surface area (Å²) < 4.78 is 5.01. The molecule has 1 saturated carbocycles. The summed E-state index contributed by atoms with van der Waals surface area (Å²) >= 11 is 1.62. The van der Waals surface area contributed by atoms with Crippen LogP contribution >= 0.6 is 11.3 Å². The standard InChI is InChI=1S/C10H11N3OS/c1-2-8(1)11-5-9-12-13-10(15-9)7-3-4-14-6-7/h3-4,6,8,11H,1-2,5H2. The van der Waals surface area contributed by atoms with Gasteiger partial charge in [-0.2, -0.15) is 0 Å². The lowest BCUT2D eigenvalue weighted by Gasteiger charge is -1.95. The van der Waals surface area contributed by atoms with Gasteiger partial charge in [0.1, 0.15) is 11.3 Å². The maximum absolute atomic E-state index is 5.01. The first kappa shape index (κ1) is 9.06. The maximum atomic E-state index is 5.01. The van der Waals surface area contributed by atoms with Crippen LogP contribution < -0.4 is 5.32 Å². The molecule has 4 nitrogen and oxygen atoms in total. The highest BCUT2D eigenvalue weighted by atomic mass is 32.1. The molecular weight excluding hydrogens is 210 g/mol. The van der Waals surface area contributed by atoms with Gasteiger partial charge in [0.15, 0.2) is 5.01 Å². The largest absolute Gasteiger partial charge is 0.472 e. The average molecular weight is 221 g/mol. The molecule has 0 spiro atoms. The molecule has 1 N–H and O–H groups in total. The highest BCUT2D eigenvalue weighted by Crippen LogP contribution is 2.24. The lowest BCUT2D eigenvalue weighted by atomic mass is 10.4. The number of hydrogen-bond donors (Lipinski definition) is 1. The van der Waals surface area contributed by atoms with E-state index >= 15 is 0 Å². The van der Waals surface area contributed by atoms with Crippen molar-refractivity contribution >= 4 is 11.3 Å². The molecular formula is C10H11N3OS. The minimum Gasteiger partial charge on any atom is -0.472 e. The summed E-state index contributed by atoms with van der Waals surface area (Å²) in [6.07, 6.45) is 5.94. The van der Waals surface area contributed by atoms with Crippen molar-refractivity contribution < 1.29 is 4.42 Å². The molecule has 0 bridgehead atoms. The first-order valence-electron chi connectivity index (χ1n) is 5.00. The van der Waals surface area contributed by atoms with Gasteiger partial charge in [-0.1, -0.05) is 11.3 Å². The Bertz CT molecular complexity index is 433. The van der Waals surface area contributed by atoms with E-state index in [2.05, 4.69) is 15.5 Å². The van der Waals surface area contributed by atoms with E-state index in [4.69, 9.17) is 4.42 Å². The number of aromatic nitrogens is 2. The topological polar surface area (TPSA) is 51.0 Å². The van der Waals surface area contributed by atoms with E-state index in [1.165, 1.54) is 12.8 Å². The molecule has 15 heavy (non-hydrogen) atoms. The summed E-state index contributed by atoms with van der Waals surface area (Å²) in [5, 5.41) is 13.6. The van der Waals surface area contributed by atoms with Crippen LogP contribution in [0.3, 0.4) is 0 Å². The van der Waals surface area contributed by atoms with Gasteiger partial charge >= 0.3 is 0 Å². The monoisotopic (exact) mass is 221 g/mol. The van der Waals surface area contributed by atoms with Gasteiger partial charge in [0.2, 0.25) is 0 Å². The van der Waals surface area contributed by atoms with Crippen molar-refractivity contribution in [3.05, 3.63) is 23.6 Å². The van der Waals surface area contributed by atoms with Crippen molar-refractivity contribution in [2.75, 3.05) is 0 Å². The van der Waals surface area contributed by atoms with Crippen LogP contribution in [0.1, 0.15) is 17.8 Å². The summed E-state index contributed by atoms with van der Waals surface area (Å²) in [4.78, 5) is 0. The van der Waals surface area contributed by atoms with Crippen LogP contribution in [0.4, 0.5) is 0 Å². The second-order valence-corrected chi connectivity index (χ2v) is 4.73. The second kappa shape index (κ2) is 3.75. The van der Waals surface area contributed by atoms with Gasteiger partial charge in [0.25, 0.3) is 0 Å². The zero-order chi connectivity index (χ0) is 10.1. The molecule has 2 heterocycles. The van der Waals surface area contributed by atoms with Gasteiger partial charge in [-0.15, -0.1) is 10.2 Å². The Balaban J connectivity index is 1.69. The second-order valence-electron chi connectivity index (χ2n) is 3.67. The van der Waals surface area contributed by atoms with E-state index in [0.717, 1.165) is 22.1 Å². The Labute approximate surface area is 91.3 Å². The summed E-state index contributed by atoms with van der Waals surface area (Å²) in [7, 11) is 0.